The van der Waals surface area contributed by atoms with Crippen LogP contribution in [0.15, 0.2) is 48.5 Å². The summed E-state index contributed by atoms with van der Waals surface area (Å²) in [5.41, 5.74) is 3.87. The molecule has 0 aromatic heterocycles. The third kappa shape index (κ3) is 4.76. The third-order valence-electron chi connectivity index (χ3n) is 2.98. The minimum atomic E-state index is 0.689. The fraction of sp³-hybridized carbons (Fsp3) is 0.294. The summed E-state index contributed by atoms with van der Waals surface area (Å²) in [6.07, 6.45) is 0. The number of hydrogen-bond acceptors (Lipinski definition) is 2. The molecule has 2 nitrogen and oxygen atoms in total. The number of ether oxygens (including phenoxy) is 1. The summed E-state index contributed by atoms with van der Waals surface area (Å²) in [4.78, 5) is 0. The van der Waals surface area contributed by atoms with Crippen LogP contribution in [0.5, 0.6) is 5.75 Å². The first kappa shape index (κ1) is 13.6. The lowest BCUT2D eigenvalue weighted by Gasteiger charge is -2.08. The highest BCUT2D eigenvalue weighted by molar-refractivity contribution is 5.26. The van der Waals surface area contributed by atoms with Gasteiger partial charge in [0.05, 0.1) is 0 Å². The predicted octanol–water partition coefficient (Wildman–Crippen LogP) is 3.47. The molecule has 0 atom stereocenters. The van der Waals surface area contributed by atoms with Gasteiger partial charge in [0.2, 0.25) is 0 Å². The van der Waals surface area contributed by atoms with Crippen LogP contribution in [0.3, 0.4) is 0 Å². The maximum Gasteiger partial charge on any atom is 0.119 e. The van der Waals surface area contributed by atoms with Crippen molar-refractivity contribution in [2.24, 2.45) is 0 Å². The molecule has 0 amide bonds. The molecule has 0 bridgehead atoms. The fourth-order valence-corrected chi connectivity index (χ4v) is 1.93. The van der Waals surface area contributed by atoms with Crippen molar-refractivity contribution in [3.63, 3.8) is 0 Å². The van der Waals surface area contributed by atoms with Crippen LogP contribution in [0.1, 0.15) is 16.7 Å². The summed E-state index contributed by atoms with van der Waals surface area (Å²) in [5.74, 6) is 0.933. The van der Waals surface area contributed by atoms with Gasteiger partial charge in [0.25, 0.3) is 0 Å². The first-order chi connectivity index (χ1) is 9.24. The Hall–Kier alpha value is -1.80. The molecule has 0 saturated carbocycles. The lowest BCUT2D eigenvalue weighted by atomic mass is 10.1. The van der Waals surface area contributed by atoms with E-state index in [0.29, 0.717) is 6.61 Å². The van der Waals surface area contributed by atoms with Gasteiger partial charge in [0.15, 0.2) is 0 Å². The van der Waals surface area contributed by atoms with Crippen molar-refractivity contribution in [1.29, 1.82) is 0 Å². The van der Waals surface area contributed by atoms with Crippen LogP contribution >= 0.6 is 0 Å². The lowest BCUT2D eigenvalue weighted by molar-refractivity contribution is 0.313. The zero-order valence-corrected chi connectivity index (χ0v) is 11.6. The second-order valence-corrected chi connectivity index (χ2v) is 4.83. The minimum Gasteiger partial charge on any atom is -0.492 e. The Morgan fingerprint density at radius 3 is 2.47 bits per heavy atom. The van der Waals surface area contributed by atoms with Crippen molar-refractivity contribution >= 4 is 0 Å². The number of nitrogens with one attached hydrogen (secondary N) is 1. The predicted molar refractivity (Wildman–Crippen MR) is 79.6 cm³/mol. The topological polar surface area (TPSA) is 21.3 Å². The summed E-state index contributed by atoms with van der Waals surface area (Å²) in [5, 5.41) is 3.39. The molecule has 0 unspecified atom stereocenters. The van der Waals surface area contributed by atoms with Crippen LogP contribution < -0.4 is 10.1 Å². The molecule has 0 aliphatic rings. The Labute approximate surface area is 115 Å². The van der Waals surface area contributed by atoms with Crippen molar-refractivity contribution in [3.8, 4) is 5.75 Å². The van der Waals surface area contributed by atoms with E-state index in [0.717, 1.165) is 18.8 Å². The van der Waals surface area contributed by atoms with Gasteiger partial charge in [-0.1, -0.05) is 47.5 Å². The average Bonchev–Trinajstić information content (AvgIpc) is 2.41. The van der Waals surface area contributed by atoms with Crippen molar-refractivity contribution in [2.75, 3.05) is 13.2 Å². The molecule has 2 aromatic carbocycles. The van der Waals surface area contributed by atoms with Gasteiger partial charge in [-0.25, -0.2) is 0 Å². The summed E-state index contributed by atoms with van der Waals surface area (Å²) >= 11 is 0. The van der Waals surface area contributed by atoms with E-state index < -0.39 is 0 Å². The second kappa shape index (κ2) is 6.95. The SMILES string of the molecule is Cc1ccc(OCCNCc2cccc(C)c2)cc1. The lowest BCUT2D eigenvalue weighted by Crippen LogP contribution is -2.20. The summed E-state index contributed by atoms with van der Waals surface area (Å²) < 4.78 is 5.66. The Morgan fingerprint density at radius 2 is 1.74 bits per heavy atom. The van der Waals surface area contributed by atoms with Gasteiger partial charge in [-0.15, -0.1) is 0 Å². The number of aryl methyl sites for hydroxylation is 2. The van der Waals surface area contributed by atoms with Gasteiger partial charge in [0, 0.05) is 13.1 Å². The largest absolute Gasteiger partial charge is 0.492 e. The Balaban J connectivity index is 1.66. The minimum absolute atomic E-state index is 0.689. The number of rotatable bonds is 6. The smallest absolute Gasteiger partial charge is 0.119 e. The fourth-order valence-electron chi connectivity index (χ4n) is 1.93. The van der Waals surface area contributed by atoms with E-state index in [2.05, 4.69) is 55.6 Å². The molecule has 19 heavy (non-hydrogen) atoms. The number of benzene rings is 2. The number of hydrogen-bond donors (Lipinski definition) is 1. The molecule has 0 fully saturated rings. The van der Waals surface area contributed by atoms with E-state index in [9.17, 15) is 0 Å². The van der Waals surface area contributed by atoms with Crippen molar-refractivity contribution in [3.05, 3.63) is 65.2 Å². The van der Waals surface area contributed by atoms with Gasteiger partial charge in [0.1, 0.15) is 12.4 Å². The molecule has 0 heterocycles. The molecule has 2 aromatic rings. The highest BCUT2D eigenvalue weighted by Crippen LogP contribution is 2.10. The van der Waals surface area contributed by atoms with E-state index in [4.69, 9.17) is 4.74 Å². The maximum atomic E-state index is 5.66. The zero-order chi connectivity index (χ0) is 13.5. The first-order valence-corrected chi connectivity index (χ1v) is 6.70. The van der Waals surface area contributed by atoms with Crippen LogP contribution in [-0.2, 0) is 6.54 Å². The van der Waals surface area contributed by atoms with Crippen LogP contribution in [0.4, 0.5) is 0 Å². The maximum absolute atomic E-state index is 5.66. The van der Waals surface area contributed by atoms with Gasteiger partial charge in [-0.2, -0.15) is 0 Å². The second-order valence-electron chi connectivity index (χ2n) is 4.83. The van der Waals surface area contributed by atoms with Crippen LogP contribution in [-0.4, -0.2) is 13.2 Å². The Morgan fingerprint density at radius 1 is 0.947 bits per heavy atom. The van der Waals surface area contributed by atoms with Crippen molar-refractivity contribution < 1.29 is 4.74 Å². The van der Waals surface area contributed by atoms with E-state index in [-0.39, 0.29) is 0 Å². The van der Waals surface area contributed by atoms with E-state index in [1.807, 2.05) is 12.1 Å². The van der Waals surface area contributed by atoms with Crippen LogP contribution in [0.25, 0.3) is 0 Å². The molecular formula is C17H21NO. The van der Waals surface area contributed by atoms with Crippen molar-refractivity contribution in [2.45, 2.75) is 20.4 Å². The normalized spacial score (nSPS) is 10.4. The summed E-state index contributed by atoms with van der Waals surface area (Å²) in [6.45, 7) is 6.62. The van der Waals surface area contributed by atoms with Gasteiger partial charge < -0.3 is 10.1 Å². The van der Waals surface area contributed by atoms with E-state index >= 15 is 0 Å². The average molecular weight is 255 g/mol. The molecule has 1 N–H and O–H groups in total. The highest BCUT2D eigenvalue weighted by Gasteiger charge is 1.95. The summed E-state index contributed by atoms with van der Waals surface area (Å²) in [6, 6.07) is 16.7. The molecule has 100 valence electrons. The van der Waals surface area contributed by atoms with Gasteiger partial charge in [-0.3, -0.25) is 0 Å². The molecule has 2 heteroatoms. The zero-order valence-electron chi connectivity index (χ0n) is 11.6. The molecule has 0 spiro atoms. The molecule has 0 aliphatic carbocycles. The molecule has 0 saturated heterocycles. The molecule has 2 rings (SSSR count). The Kier molecular flexibility index (Phi) is 4.99. The van der Waals surface area contributed by atoms with Gasteiger partial charge >= 0.3 is 0 Å². The quantitative estimate of drug-likeness (QED) is 0.798. The molecular weight excluding hydrogens is 234 g/mol. The summed E-state index contributed by atoms with van der Waals surface area (Å²) in [7, 11) is 0. The van der Waals surface area contributed by atoms with Gasteiger partial charge in [-0.05, 0) is 31.5 Å². The molecule has 0 radical (unpaired) electrons. The van der Waals surface area contributed by atoms with Crippen LogP contribution in [0.2, 0.25) is 0 Å². The molecule has 0 aliphatic heterocycles. The Bertz CT molecular complexity index is 505. The standard InChI is InChI=1S/C17H21NO/c1-14-6-8-17(9-7-14)19-11-10-18-13-16-5-3-4-15(2)12-16/h3-9,12,18H,10-11,13H2,1-2H3. The van der Waals surface area contributed by atoms with E-state index in [1.165, 1.54) is 16.7 Å². The monoisotopic (exact) mass is 255 g/mol. The first-order valence-electron chi connectivity index (χ1n) is 6.70. The van der Waals surface area contributed by atoms with Crippen molar-refractivity contribution in [1.82, 2.24) is 5.32 Å². The third-order valence-corrected chi connectivity index (χ3v) is 2.98. The van der Waals surface area contributed by atoms with Crippen LogP contribution in [0, 0.1) is 13.8 Å². The highest BCUT2D eigenvalue weighted by atomic mass is 16.5. The van der Waals surface area contributed by atoms with E-state index in [1.54, 1.807) is 0 Å².